The van der Waals surface area contributed by atoms with Crippen molar-refractivity contribution in [2.24, 2.45) is 11.7 Å². The van der Waals surface area contributed by atoms with Gasteiger partial charge in [0.25, 0.3) is 0 Å². The molecule has 1 aromatic rings. The minimum Gasteiger partial charge on any atom is -0.461 e. The molecule has 19 atom stereocenters. The summed E-state index contributed by atoms with van der Waals surface area (Å²) in [6.45, 7) is 17.2. The summed E-state index contributed by atoms with van der Waals surface area (Å²) in [4.78, 5) is 323. The fraction of sp³-hybridized carbons (Fsp3) is 0.674. The first-order valence-corrected chi connectivity index (χ1v) is 45.2. The van der Waals surface area contributed by atoms with Crippen LogP contribution >= 0.6 is 0 Å². The van der Waals surface area contributed by atoms with Crippen LogP contribution in [-0.4, -0.2) is 288 Å². The maximum atomic E-state index is 15.6. The highest BCUT2D eigenvalue weighted by molar-refractivity contribution is 6.01. The van der Waals surface area contributed by atoms with E-state index in [1.54, 1.807) is 0 Å². The zero-order valence-electron chi connectivity index (χ0n) is 79.7. The van der Waals surface area contributed by atoms with Gasteiger partial charge in [0.15, 0.2) is 0 Å². The summed E-state index contributed by atoms with van der Waals surface area (Å²) >= 11 is 0. The first-order chi connectivity index (χ1) is 63.4. The molecule has 3 aliphatic rings. The summed E-state index contributed by atoms with van der Waals surface area (Å²) in [6.07, 6.45) is -7.25. The molecule has 752 valence electrons. The van der Waals surface area contributed by atoms with Crippen molar-refractivity contribution in [3.8, 4) is 5.75 Å². The molecule has 1 aromatic carbocycles. The van der Waals surface area contributed by atoms with Crippen molar-refractivity contribution in [3.63, 3.8) is 0 Å². The number of hydrogen-bond acceptors (Lipinski definition) is 32. The number of amides is 14. The Morgan fingerprint density at radius 1 is 0.467 bits per heavy atom. The number of rotatable bonds is 34. The molecule has 0 saturated carbocycles. The third-order valence-corrected chi connectivity index (χ3v) is 21.8. The SMILES string of the molecule is CCCCCCCCCCCCC[C@@H]1CC(=O)N[C@H]([C@@H](C)OC(C)=O)C(=O)N[C@H](C)C(=O)N[C@@H](Cc2ccc(OC(C)=O)cc2)C(=O)N[C@@H](C(C)C)C(=O)N2C[C@H](OC(C)=O)C[C@H]2C(=O)N[C@H]([C@@H](C)OC(C)=O)C(=O)N[C@H]([C@@H](C)OC(C)=O)C(=O)N2CC[C@H](OC(C)=O)[C@H]2C(=O)N[C@@H]([C@@H](CC(N)=O)OC(C)=O)C(=O)NCC(=O)N[C@@H]([C@@H](C)OC(C)=O)C(=O)N[C@@H](CCCNC(C)=O)C(=O)O1. The Morgan fingerprint density at radius 3 is 1.45 bits per heavy atom. The molecule has 3 aliphatic heterocycles. The molecule has 0 bridgehead atoms. The van der Waals surface area contributed by atoms with Crippen molar-refractivity contribution < 1.29 is 153 Å². The lowest BCUT2D eigenvalue weighted by atomic mass is 9.99. The number of benzene rings is 1. The van der Waals surface area contributed by atoms with E-state index < -0.39 is 309 Å². The van der Waals surface area contributed by atoms with Crippen LogP contribution in [0.1, 0.15) is 239 Å². The summed E-state index contributed by atoms with van der Waals surface area (Å²) in [5, 5.41) is 26.8. The molecule has 0 radical (unpaired) electrons. The maximum absolute atomic E-state index is 15.6. The molecule has 3 fully saturated rings. The van der Waals surface area contributed by atoms with E-state index >= 15 is 28.8 Å². The molecule has 0 aromatic heterocycles. The number of nitrogens with zero attached hydrogens (tertiary/aromatic N) is 2. The lowest BCUT2D eigenvalue weighted by Crippen LogP contribution is -2.65. The second-order valence-corrected chi connectivity index (χ2v) is 34.0. The normalized spacial score (nSPS) is 24.4. The second kappa shape index (κ2) is 56.9. The standard InChI is InChI=1S/C89H134N14O32/c1-18-19-20-21-22-23-24-25-26-27-28-30-62-41-70(114)96-73(47(5)127-52(10)105)83(120)93-46(4)79(116)95-65(39-60-32-34-61(35-33-60)131-56(14)109)80(117)98-72(45(2)3)87(124)103-44-63(132-57(15)110)40-66(103)81(118)99-75(49(7)129-54(12)107)85(122)100-76(50(8)130-55(13)108)88(125)102-38-36-67(133-58(16)111)78(102)86(123)101-77(68(42-69(90)113)134-59(17)112)82(119)92-43-71(115)97-74(48(6)128-53(11)106)84(121)94-64(89(126)135-62)31-29-37-91-51(9)104/h32-35,45-50,62-68,72-78H,18-31,36-44H2,1-17H3,(H2,90,113)(H,91,104)(H,92,119)(H,93,120)(H,94,121)(H,95,116)(H,96,114)(H,97,115)(H,98,117)(H,99,118)(H,100,122)(H,101,123)/t46-,47-,48-,49-,50-,62-,63-,64+,65+,66+,67+,68-,72+,73-,74+,75-,76-,77+,78+/m1/s1. The third-order valence-electron chi connectivity index (χ3n) is 21.8. The van der Waals surface area contributed by atoms with Crippen LogP contribution in [0.25, 0.3) is 0 Å². The van der Waals surface area contributed by atoms with Gasteiger partial charge in [-0.15, -0.1) is 0 Å². The molecule has 4 rings (SSSR count). The Labute approximate surface area is 782 Å². The van der Waals surface area contributed by atoms with Gasteiger partial charge in [0.2, 0.25) is 82.7 Å². The van der Waals surface area contributed by atoms with Crippen molar-refractivity contribution in [2.75, 3.05) is 26.2 Å². The summed E-state index contributed by atoms with van der Waals surface area (Å²) in [7, 11) is 0. The van der Waals surface area contributed by atoms with Crippen molar-refractivity contribution in [1.29, 1.82) is 0 Å². The largest absolute Gasteiger partial charge is 0.461 e. The topological polar surface area (TPSA) is 641 Å². The number of unbranched alkanes of at least 4 members (excludes halogenated alkanes) is 10. The van der Waals surface area contributed by atoms with Gasteiger partial charge in [0.1, 0.15) is 121 Å². The Kier molecular flexibility index (Phi) is 48.2. The first kappa shape index (κ1) is 114. The van der Waals surface area contributed by atoms with Crippen molar-refractivity contribution >= 4 is 136 Å². The fourth-order valence-electron chi connectivity index (χ4n) is 15.5. The molecule has 0 aliphatic carbocycles. The first-order valence-electron chi connectivity index (χ1n) is 45.2. The second-order valence-electron chi connectivity index (χ2n) is 34.0. The van der Waals surface area contributed by atoms with Gasteiger partial charge in [-0.3, -0.25) is 105 Å². The number of cyclic esters (lactones) is 1. The van der Waals surface area contributed by atoms with Gasteiger partial charge in [-0.25, -0.2) is 4.79 Å². The Bertz CT molecular complexity index is 4360. The molecule has 135 heavy (non-hydrogen) atoms. The lowest BCUT2D eigenvalue weighted by molar-refractivity contribution is -0.159. The number of fused-ring (bicyclic) bond motifs is 2. The van der Waals surface area contributed by atoms with Crippen LogP contribution in [0, 0.1) is 5.92 Å². The van der Waals surface area contributed by atoms with Gasteiger partial charge in [0, 0.05) is 94.7 Å². The van der Waals surface area contributed by atoms with E-state index in [0.717, 1.165) is 132 Å². The minimum absolute atomic E-state index is 0.0460. The molecular weight excluding hydrogens is 1780 g/mol. The van der Waals surface area contributed by atoms with E-state index in [-0.39, 0.29) is 37.1 Å². The Hall–Kier alpha value is -13.0. The molecular formula is C89H134N14O32. The predicted molar refractivity (Wildman–Crippen MR) is 471 cm³/mol. The van der Waals surface area contributed by atoms with Crippen molar-refractivity contribution in [3.05, 3.63) is 29.8 Å². The number of esters is 9. The zero-order chi connectivity index (χ0) is 101. The molecule has 0 unspecified atom stereocenters. The van der Waals surface area contributed by atoms with Crippen LogP contribution in [0.15, 0.2) is 24.3 Å². The quantitative estimate of drug-likeness (QED) is 0.0169. The van der Waals surface area contributed by atoms with E-state index in [0.29, 0.717) is 24.2 Å². The fourth-order valence-corrected chi connectivity index (χ4v) is 15.5. The Balaban J connectivity index is 2.08. The van der Waals surface area contributed by atoms with Crippen LogP contribution in [-0.2, 0) is 155 Å². The van der Waals surface area contributed by atoms with E-state index in [1.165, 1.54) is 58.9 Å². The summed E-state index contributed by atoms with van der Waals surface area (Å²) in [5.74, 6) is -26.8. The van der Waals surface area contributed by atoms with Crippen LogP contribution in [0.4, 0.5) is 0 Å². The van der Waals surface area contributed by atoms with Gasteiger partial charge >= 0.3 is 53.7 Å². The average Bonchev–Trinajstić information content (AvgIpc) is 1.66. The Morgan fingerprint density at radius 2 is 0.941 bits per heavy atom. The van der Waals surface area contributed by atoms with Crippen LogP contribution < -0.4 is 69.0 Å². The summed E-state index contributed by atoms with van der Waals surface area (Å²) in [6, 6.07) is -15.8. The van der Waals surface area contributed by atoms with Gasteiger partial charge in [-0.2, -0.15) is 0 Å². The summed E-state index contributed by atoms with van der Waals surface area (Å²) in [5.41, 5.74) is 5.89. The van der Waals surface area contributed by atoms with E-state index in [9.17, 15) is 81.5 Å². The molecule has 0 spiro atoms. The van der Waals surface area contributed by atoms with Gasteiger partial charge in [-0.05, 0) is 83.9 Å². The number of carbonyl (C=O) groups is 23. The highest BCUT2D eigenvalue weighted by atomic mass is 16.6. The molecule has 3 saturated heterocycles. The number of nitrogens with one attached hydrogen (secondary N) is 11. The summed E-state index contributed by atoms with van der Waals surface area (Å²) < 4.78 is 49.4. The van der Waals surface area contributed by atoms with Crippen LogP contribution in [0.2, 0.25) is 0 Å². The molecule has 46 nitrogen and oxygen atoms in total. The van der Waals surface area contributed by atoms with E-state index in [4.69, 9.17) is 48.4 Å². The van der Waals surface area contributed by atoms with Gasteiger partial charge in [-0.1, -0.05) is 97.1 Å². The smallest absolute Gasteiger partial charge is 0.328 e. The van der Waals surface area contributed by atoms with Gasteiger partial charge in [0.05, 0.1) is 25.9 Å². The number of nitrogens with two attached hydrogens (primary N) is 1. The predicted octanol–water partition coefficient (Wildman–Crippen LogP) is -1.08. The molecule has 46 heteroatoms. The molecule has 14 amide bonds. The van der Waals surface area contributed by atoms with Gasteiger partial charge < -0.3 is 117 Å². The maximum Gasteiger partial charge on any atom is 0.328 e. The third kappa shape index (κ3) is 40.0. The number of hydrogen-bond donors (Lipinski definition) is 12. The number of ether oxygens (including phenoxy) is 9. The van der Waals surface area contributed by atoms with E-state index in [1.807, 2.05) is 0 Å². The van der Waals surface area contributed by atoms with Crippen LogP contribution in [0.5, 0.6) is 5.75 Å². The number of primary amides is 1. The number of carbonyl (C=O) groups excluding carboxylic acids is 23. The van der Waals surface area contributed by atoms with Crippen molar-refractivity contribution in [1.82, 2.24) is 68.3 Å². The average molecular weight is 1910 g/mol. The monoisotopic (exact) mass is 1910 g/mol. The lowest BCUT2D eigenvalue weighted by Gasteiger charge is -2.35. The van der Waals surface area contributed by atoms with E-state index in [2.05, 4.69) is 65.4 Å². The zero-order valence-corrected chi connectivity index (χ0v) is 79.7. The van der Waals surface area contributed by atoms with Crippen LogP contribution in [0.3, 0.4) is 0 Å². The molecule has 3 heterocycles. The van der Waals surface area contributed by atoms with Crippen molar-refractivity contribution in [2.45, 2.75) is 355 Å². The molecule has 13 N–H and O–H groups in total. The highest BCUT2D eigenvalue weighted by Gasteiger charge is 2.51. The minimum atomic E-state index is -2.36. The highest BCUT2D eigenvalue weighted by Crippen LogP contribution is 2.29.